The maximum Gasteiger partial charge on any atom is 0.272 e. The molecule has 0 aliphatic carbocycles. The van der Waals surface area contributed by atoms with E-state index < -0.39 is 23.9 Å². The van der Waals surface area contributed by atoms with Crippen LogP contribution in [0.2, 0.25) is 0 Å². The summed E-state index contributed by atoms with van der Waals surface area (Å²) in [4.78, 5) is 53.0. The Morgan fingerprint density at radius 3 is 2.58 bits per heavy atom. The first-order valence-electron chi connectivity index (χ1n) is 11.4. The van der Waals surface area contributed by atoms with Crippen molar-refractivity contribution in [3.05, 3.63) is 72.9 Å². The number of amides is 3. The molecule has 0 bridgehead atoms. The summed E-state index contributed by atoms with van der Waals surface area (Å²) in [6.07, 6.45) is 4.19. The van der Waals surface area contributed by atoms with Crippen LogP contribution in [0.25, 0.3) is 0 Å². The van der Waals surface area contributed by atoms with Crippen molar-refractivity contribution in [2.24, 2.45) is 5.73 Å². The van der Waals surface area contributed by atoms with Crippen molar-refractivity contribution in [3.63, 3.8) is 0 Å². The van der Waals surface area contributed by atoms with Gasteiger partial charge in [-0.3, -0.25) is 19.4 Å². The SMILES string of the molecule is Cc1cnc(C(=O)N[C@@H](Cc2nc(I)n(Cc3ccccc3)c2I)C(=O)N2CCC[C@H]2C(N)=O)cn1. The zero-order chi connectivity index (χ0) is 25.8. The van der Waals surface area contributed by atoms with Crippen LogP contribution in [0.5, 0.6) is 0 Å². The molecular formula is C24H25I2N7O3. The van der Waals surface area contributed by atoms with Gasteiger partial charge in [0.1, 0.15) is 21.5 Å². The first kappa shape index (κ1) is 26.4. The molecule has 0 saturated carbocycles. The number of nitrogens with zero attached hydrogens (tertiary/aromatic N) is 5. The van der Waals surface area contributed by atoms with E-state index in [4.69, 9.17) is 10.7 Å². The van der Waals surface area contributed by atoms with Crippen LogP contribution in [0.15, 0.2) is 42.7 Å². The second kappa shape index (κ2) is 11.6. The Hall–Kier alpha value is -2.62. The number of benzene rings is 1. The quantitative estimate of drug-likeness (QED) is 0.344. The van der Waals surface area contributed by atoms with Gasteiger partial charge in [-0.05, 0) is 70.5 Å². The zero-order valence-electron chi connectivity index (χ0n) is 19.5. The normalized spacial score (nSPS) is 16.1. The molecular weight excluding hydrogens is 688 g/mol. The highest BCUT2D eigenvalue weighted by Gasteiger charge is 2.37. The Morgan fingerprint density at radius 2 is 1.92 bits per heavy atom. The van der Waals surface area contributed by atoms with Gasteiger partial charge in [0.15, 0.2) is 3.83 Å². The van der Waals surface area contributed by atoms with E-state index in [1.807, 2.05) is 30.3 Å². The third-order valence-corrected chi connectivity index (χ3v) is 8.02. The second-order valence-electron chi connectivity index (χ2n) is 8.56. The van der Waals surface area contributed by atoms with Gasteiger partial charge in [-0.1, -0.05) is 30.3 Å². The number of carbonyl (C=O) groups excluding carboxylic acids is 3. The smallest absolute Gasteiger partial charge is 0.272 e. The zero-order valence-corrected chi connectivity index (χ0v) is 23.8. The predicted octanol–water partition coefficient (Wildman–Crippen LogP) is 2.06. The molecule has 2 aromatic heterocycles. The third-order valence-electron chi connectivity index (χ3n) is 5.99. The molecule has 3 heterocycles. The molecule has 12 heteroatoms. The van der Waals surface area contributed by atoms with Gasteiger partial charge in [0.25, 0.3) is 5.91 Å². The van der Waals surface area contributed by atoms with E-state index >= 15 is 0 Å². The van der Waals surface area contributed by atoms with Gasteiger partial charge in [0.2, 0.25) is 11.8 Å². The van der Waals surface area contributed by atoms with Crippen molar-refractivity contribution in [3.8, 4) is 0 Å². The summed E-state index contributed by atoms with van der Waals surface area (Å²) >= 11 is 4.39. The van der Waals surface area contributed by atoms with Gasteiger partial charge in [0, 0.05) is 19.2 Å². The molecule has 3 amide bonds. The van der Waals surface area contributed by atoms with Gasteiger partial charge >= 0.3 is 0 Å². The summed E-state index contributed by atoms with van der Waals surface area (Å²) in [5.41, 5.74) is 8.13. The number of aromatic nitrogens is 4. The first-order valence-corrected chi connectivity index (χ1v) is 13.5. The van der Waals surface area contributed by atoms with Gasteiger partial charge in [-0.15, -0.1) is 0 Å². The molecule has 1 saturated heterocycles. The van der Waals surface area contributed by atoms with Crippen LogP contribution < -0.4 is 11.1 Å². The molecule has 3 aromatic rings. The van der Waals surface area contributed by atoms with E-state index in [0.717, 1.165) is 13.1 Å². The number of halogens is 2. The second-order valence-corrected chi connectivity index (χ2v) is 10.5. The van der Waals surface area contributed by atoms with Gasteiger partial charge in [-0.25, -0.2) is 9.97 Å². The molecule has 1 aliphatic heterocycles. The highest BCUT2D eigenvalue weighted by Crippen LogP contribution is 2.23. The van der Waals surface area contributed by atoms with Crippen LogP contribution >= 0.6 is 45.2 Å². The molecule has 0 unspecified atom stereocenters. The van der Waals surface area contributed by atoms with Crippen LogP contribution in [0.1, 0.15) is 40.3 Å². The molecule has 3 N–H and O–H groups in total. The lowest BCUT2D eigenvalue weighted by Crippen LogP contribution is -2.53. The number of primary amides is 1. The number of nitrogens with one attached hydrogen (secondary N) is 1. The third kappa shape index (κ3) is 6.02. The average molecular weight is 713 g/mol. The molecule has 36 heavy (non-hydrogen) atoms. The van der Waals surface area contributed by atoms with Crippen molar-refractivity contribution in [1.82, 2.24) is 29.7 Å². The van der Waals surface area contributed by atoms with Crippen molar-refractivity contribution in [1.29, 1.82) is 0 Å². The number of imidazole rings is 1. The fraction of sp³-hybridized carbons (Fsp3) is 0.333. The van der Waals surface area contributed by atoms with Crippen molar-refractivity contribution >= 4 is 62.9 Å². The topological polar surface area (TPSA) is 136 Å². The Kier molecular flexibility index (Phi) is 8.54. The summed E-state index contributed by atoms with van der Waals surface area (Å²) < 4.78 is 3.70. The molecule has 1 aliphatic rings. The summed E-state index contributed by atoms with van der Waals surface area (Å²) in [7, 11) is 0. The van der Waals surface area contributed by atoms with Crippen molar-refractivity contribution in [2.75, 3.05) is 6.54 Å². The largest absolute Gasteiger partial charge is 0.368 e. The monoisotopic (exact) mass is 713 g/mol. The minimum absolute atomic E-state index is 0.102. The van der Waals surface area contributed by atoms with Crippen LogP contribution in [-0.2, 0) is 22.6 Å². The Labute approximate surface area is 235 Å². The highest BCUT2D eigenvalue weighted by molar-refractivity contribution is 14.1. The lowest BCUT2D eigenvalue weighted by molar-refractivity contribution is -0.138. The predicted molar refractivity (Wildman–Crippen MR) is 149 cm³/mol. The summed E-state index contributed by atoms with van der Waals surface area (Å²) in [5.74, 6) is -1.44. The number of aryl methyl sites for hydroxylation is 1. The van der Waals surface area contributed by atoms with Crippen molar-refractivity contribution < 1.29 is 14.4 Å². The minimum Gasteiger partial charge on any atom is -0.368 e. The van der Waals surface area contributed by atoms with E-state index in [-0.39, 0.29) is 18.0 Å². The Bertz CT molecular complexity index is 1260. The van der Waals surface area contributed by atoms with Gasteiger partial charge < -0.3 is 20.5 Å². The van der Waals surface area contributed by atoms with E-state index in [1.54, 1.807) is 6.92 Å². The molecule has 0 radical (unpaired) electrons. The standard InChI is InChI=1S/C24H25I2N7O3/c1-14-11-29-18(12-28-14)22(35)30-17(23(36)32-9-5-8-19(32)21(27)34)10-16-20(25)33(24(26)31-16)13-15-6-3-2-4-7-15/h2-4,6-7,11-12,17,19H,5,8-10,13H2,1H3,(H2,27,34)(H,30,35)/t17-,19-/m0/s1. The number of rotatable bonds is 8. The number of likely N-dealkylation sites (tertiary alicyclic amines) is 1. The number of nitrogens with two attached hydrogens (primary N) is 1. The molecule has 10 nitrogen and oxygen atoms in total. The summed E-state index contributed by atoms with van der Waals surface area (Å²) in [6.45, 7) is 2.80. The lowest BCUT2D eigenvalue weighted by Gasteiger charge is -2.27. The summed E-state index contributed by atoms with van der Waals surface area (Å²) in [6, 6.07) is 8.37. The van der Waals surface area contributed by atoms with Crippen LogP contribution in [0, 0.1) is 14.5 Å². The van der Waals surface area contributed by atoms with Crippen LogP contribution in [0.4, 0.5) is 0 Å². The van der Waals surface area contributed by atoms with Gasteiger partial charge in [0.05, 0.1) is 24.1 Å². The molecule has 0 spiro atoms. The molecule has 4 rings (SSSR count). The highest BCUT2D eigenvalue weighted by atomic mass is 127. The fourth-order valence-corrected chi connectivity index (χ4v) is 6.05. The van der Waals surface area contributed by atoms with Crippen LogP contribution in [0.3, 0.4) is 0 Å². The number of hydrogen-bond acceptors (Lipinski definition) is 6. The van der Waals surface area contributed by atoms with E-state index in [2.05, 4.69) is 65.0 Å². The molecule has 1 aromatic carbocycles. The average Bonchev–Trinajstić information content (AvgIpc) is 3.45. The van der Waals surface area contributed by atoms with E-state index in [1.165, 1.54) is 17.3 Å². The van der Waals surface area contributed by atoms with E-state index in [0.29, 0.717) is 37.3 Å². The van der Waals surface area contributed by atoms with E-state index in [9.17, 15) is 14.4 Å². The van der Waals surface area contributed by atoms with Gasteiger partial charge in [-0.2, -0.15) is 0 Å². The lowest BCUT2D eigenvalue weighted by atomic mass is 10.1. The Balaban J connectivity index is 1.61. The minimum atomic E-state index is -0.954. The molecule has 188 valence electrons. The molecule has 1 fully saturated rings. The number of hydrogen-bond donors (Lipinski definition) is 2. The number of carbonyl (C=O) groups is 3. The Morgan fingerprint density at radius 1 is 1.17 bits per heavy atom. The van der Waals surface area contributed by atoms with Crippen LogP contribution in [-0.4, -0.2) is 60.8 Å². The molecule has 2 atom stereocenters. The first-order chi connectivity index (χ1) is 17.2. The maximum atomic E-state index is 13.6. The fourth-order valence-electron chi connectivity index (χ4n) is 4.15. The van der Waals surface area contributed by atoms with Crippen molar-refractivity contribution in [2.45, 2.75) is 44.8 Å². The maximum absolute atomic E-state index is 13.6. The summed E-state index contributed by atoms with van der Waals surface area (Å²) in [5, 5.41) is 2.80.